The van der Waals surface area contributed by atoms with Gasteiger partial charge < -0.3 is 13.3 Å². The van der Waals surface area contributed by atoms with E-state index in [0.717, 1.165) is 0 Å². The van der Waals surface area contributed by atoms with Gasteiger partial charge in [0.25, 0.3) is 0 Å². The van der Waals surface area contributed by atoms with Gasteiger partial charge in [-0.1, -0.05) is 0 Å². The fourth-order valence-corrected chi connectivity index (χ4v) is 4.54. The van der Waals surface area contributed by atoms with Crippen molar-refractivity contribution in [1.29, 1.82) is 0 Å². The summed E-state index contributed by atoms with van der Waals surface area (Å²) in [6.45, 7) is 3.78. The predicted molar refractivity (Wildman–Crippen MR) is 80.1 cm³/mol. The molecule has 0 N–H and O–H groups in total. The molecule has 0 radical (unpaired) electrons. The number of hydrogen-bond donors (Lipinski definition) is 0. The van der Waals surface area contributed by atoms with Crippen LogP contribution in [0.25, 0.3) is 0 Å². The lowest BCUT2D eigenvalue weighted by Gasteiger charge is -2.28. The number of benzene rings is 1. The molecular formula is C15H23F3O3Si. The lowest BCUT2D eigenvalue weighted by molar-refractivity contribution is 0.0694. The smallest absolute Gasteiger partial charge is 0.377 e. The molecule has 0 saturated heterocycles. The minimum absolute atomic E-state index is 0.0291. The fraction of sp³-hybridized carbons (Fsp3) is 0.600. The molecular weight excluding hydrogens is 313 g/mol. The molecule has 1 rings (SSSR count). The van der Waals surface area contributed by atoms with E-state index in [2.05, 4.69) is 0 Å². The molecule has 22 heavy (non-hydrogen) atoms. The minimum atomic E-state index is -2.73. The molecule has 0 aromatic heterocycles. The number of hydrogen-bond acceptors (Lipinski definition) is 3. The first kappa shape index (κ1) is 19.2. The molecule has 126 valence electrons. The highest BCUT2D eigenvalue weighted by molar-refractivity contribution is 6.60. The van der Waals surface area contributed by atoms with Gasteiger partial charge in [-0.05, 0) is 33.1 Å². The molecule has 0 atom stereocenters. The second-order valence-corrected chi connectivity index (χ2v) is 8.23. The number of halogens is 3. The van der Waals surface area contributed by atoms with E-state index < -0.39 is 26.3 Å². The van der Waals surface area contributed by atoms with Crippen LogP contribution in [0.1, 0.15) is 32.3 Å². The maximum absolute atomic E-state index is 13.5. The van der Waals surface area contributed by atoms with Gasteiger partial charge in [0.15, 0.2) is 0 Å². The van der Waals surface area contributed by atoms with Crippen molar-refractivity contribution in [3.05, 3.63) is 35.1 Å². The summed E-state index contributed by atoms with van der Waals surface area (Å²) >= 11 is 0. The Hall–Kier alpha value is -0.893. The van der Waals surface area contributed by atoms with Crippen molar-refractivity contribution in [2.45, 2.75) is 45.3 Å². The first-order valence-electron chi connectivity index (χ1n) is 7.25. The second-order valence-electron chi connectivity index (χ2n) is 5.31. The van der Waals surface area contributed by atoms with Crippen molar-refractivity contribution in [3.63, 3.8) is 0 Å². The van der Waals surface area contributed by atoms with Gasteiger partial charge in [0.1, 0.15) is 17.5 Å². The first-order chi connectivity index (χ1) is 10.3. The molecule has 0 unspecified atom stereocenters. The summed E-state index contributed by atoms with van der Waals surface area (Å²) in [6.07, 6.45) is 1.33. The Labute approximate surface area is 130 Å². The molecule has 0 heterocycles. The summed E-state index contributed by atoms with van der Waals surface area (Å²) in [5.41, 5.74) is -0.0896. The molecule has 0 fully saturated rings. The fourth-order valence-electron chi connectivity index (χ4n) is 2.26. The van der Waals surface area contributed by atoms with Crippen molar-refractivity contribution in [3.8, 4) is 0 Å². The SMILES string of the molecule is CO[Si](CCCCc1c(F)cc(F)cc1F)(OC)OC(C)C. The van der Waals surface area contributed by atoms with Crippen molar-refractivity contribution in [1.82, 2.24) is 0 Å². The zero-order valence-corrected chi connectivity index (χ0v) is 14.4. The summed E-state index contributed by atoms with van der Waals surface area (Å²) in [4.78, 5) is 0. The zero-order chi connectivity index (χ0) is 16.8. The largest absolute Gasteiger partial charge is 0.500 e. The molecule has 0 amide bonds. The highest BCUT2D eigenvalue weighted by Gasteiger charge is 2.39. The lowest BCUT2D eigenvalue weighted by atomic mass is 10.1. The monoisotopic (exact) mass is 336 g/mol. The minimum Gasteiger partial charge on any atom is -0.377 e. The van der Waals surface area contributed by atoms with Crippen molar-refractivity contribution in [2.24, 2.45) is 0 Å². The van der Waals surface area contributed by atoms with Crippen molar-refractivity contribution in [2.75, 3.05) is 14.2 Å². The van der Waals surface area contributed by atoms with E-state index in [1.54, 1.807) is 0 Å². The van der Waals surface area contributed by atoms with Gasteiger partial charge in [0.2, 0.25) is 0 Å². The maximum Gasteiger partial charge on any atom is 0.500 e. The molecule has 0 aliphatic heterocycles. The average molecular weight is 336 g/mol. The average Bonchev–Trinajstić information content (AvgIpc) is 2.43. The Morgan fingerprint density at radius 3 is 2.00 bits per heavy atom. The van der Waals surface area contributed by atoms with E-state index >= 15 is 0 Å². The molecule has 3 nitrogen and oxygen atoms in total. The Morgan fingerprint density at radius 2 is 1.55 bits per heavy atom. The predicted octanol–water partition coefficient (Wildman–Crippen LogP) is 4.08. The standard InChI is InChI=1S/C15H23F3O3Si/c1-11(2)21-22(19-3,20-4)8-6-5-7-13-14(17)9-12(16)10-15(13)18/h9-11H,5-8H2,1-4H3. The molecule has 1 aromatic rings. The van der Waals surface area contributed by atoms with E-state index in [1.165, 1.54) is 14.2 Å². The van der Waals surface area contributed by atoms with E-state index in [1.807, 2.05) is 13.8 Å². The van der Waals surface area contributed by atoms with Gasteiger partial charge in [-0.3, -0.25) is 0 Å². The zero-order valence-electron chi connectivity index (χ0n) is 13.4. The van der Waals surface area contributed by atoms with E-state index in [-0.39, 0.29) is 18.1 Å². The second kappa shape index (κ2) is 8.66. The van der Waals surface area contributed by atoms with E-state index in [0.29, 0.717) is 31.0 Å². The summed E-state index contributed by atoms with van der Waals surface area (Å²) in [5.74, 6) is -2.61. The Balaban J connectivity index is 2.57. The van der Waals surface area contributed by atoms with Crippen LogP contribution in [0.5, 0.6) is 0 Å². The molecule has 0 saturated carbocycles. The Morgan fingerprint density at radius 1 is 1.00 bits per heavy atom. The first-order valence-corrected chi connectivity index (χ1v) is 9.18. The van der Waals surface area contributed by atoms with Crippen LogP contribution >= 0.6 is 0 Å². The summed E-state index contributed by atoms with van der Waals surface area (Å²) < 4.78 is 56.5. The molecule has 0 bridgehead atoms. The van der Waals surface area contributed by atoms with Crippen LogP contribution in [0.4, 0.5) is 13.2 Å². The van der Waals surface area contributed by atoms with Crippen LogP contribution in [0.3, 0.4) is 0 Å². The molecule has 0 aliphatic carbocycles. The molecule has 1 aromatic carbocycles. The van der Waals surface area contributed by atoms with Crippen LogP contribution in [-0.2, 0) is 19.7 Å². The molecule has 7 heteroatoms. The third kappa shape index (κ3) is 5.39. The lowest BCUT2D eigenvalue weighted by Crippen LogP contribution is -2.45. The summed E-state index contributed by atoms with van der Waals surface area (Å²) in [5, 5.41) is 0. The highest BCUT2D eigenvalue weighted by atomic mass is 28.4. The third-order valence-corrected chi connectivity index (χ3v) is 6.34. The normalized spacial score (nSPS) is 12.2. The van der Waals surface area contributed by atoms with Crippen LogP contribution < -0.4 is 0 Å². The van der Waals surface area contributed by atoms with Crippen LogP contribution in [0.2, 0.25) is 6.04 Å². The van der Waals surface area contributed by atoms with Gasteiger partial charge in [0.05, 0.1) is 0 Å². The number of unbranched alkanes of at least 4 members (excludes halogenated alkanes) is 1. The number of rotatable bonds is 9. The molecule has 0 aliphatic rings. The topological polar surface area (TPSA) is 27.7 Å². The van der Waals surface area contributed by atoms with Gasteiger partial charge in [-0.2, -0.15) is 0 Å². The molecule has 0 spiro atoms. The summed E-state index contributed by atoms with van der Waals surface area (Å²) in [7, 11) is 0.350. The highest BCUT2D eigenvalue weighted by Crippen LogP contribution is 2.22. The quantitative estimate of drug-likeness (QED) is 0.502. The van der Waals surface area contributed by atoms with E-state index in [9.17, 15) is 13.2 Å². The maximum atomic E-state index is 13.5. The van der Waals surface area contributed by atoms with Gasteiger partial charge in [-0.15, -0.1) is 0 Å². The van der Waals surface area contributed by atoms with Crippen LogP contribution in [0, 0.1) is 17.5 Å². The van der Waals surface area contributed by atoms with Crippen LogP contribution in [0.15, 0.2) is 12.1 Å². The third-order valence-electron chi connectivity index (χ3n) is 3.30. The van der Waals surface area contributed by atoms with Gasteiger partial charge in [0, 0.05) is 44.1 Å². The van der Waals surface area contributed by atoms with E-state index in [4.69, 9.17) is 13.3 Å². The van der Waals surface area contributed by atoms with Crippen molar-refractivity contribution >= 4 is 8.80 Å². The van der Waals surface area contributed by atoms with Crippen LogP contribution in [-0.4, -0.2) is 29.1 Å². The van der Waals surface area contributed by atoms with Gasteiger partial charge >= 0.3 is 8.80 Å². The summed E-state index contributed by atoms with van der Waals surface area (Å²) in [6, 6.07) is 1.95. The van der Waals surface area contributed by atoms with Gasteiger partial charge in [-0.25, -0.2) is 13.2 Å². The Bertz CT molecular complexity index is 456. The van der Waals surface area contributed by atoms with Crippen molar-refractivity contribution < 1.29 is 26.4 Å². The Kier molecular flexibility index (Phi) is 7.54.